The Morgan fingerprint density at radius 3 is 2.70 bits per heavy atom. The lowest BCUT2D eigenvalue weighted by molar-refractivity contribution is 0.512. The van der Waals surface area contributed by atoms with Crippen LogP contribution in [0.3, 0.4) is 0 Å². The molecule has 1 aromatic heterocycles. The van der Waals surface area contributed by atoms with Crippen molar-refractivity contribution >= 4 is 32.5 Å². The van der Waals surface area contributed by atoms with Crippen LogP contribution in [0.2, 0.25) is 0 Å². The molecular weight excluding hydrogens is 350 g/mol. The lowest BCUT2D eigenvalue weighted by atomic mass is 9.86. The van der Waals surface area contributed by atoms with E-state index in [9.17, 15) is 0 Å². The van der Waals surface area contributed by atoms with Crippen molar-refractivity contribution in [3.8, 4) is 0 Å². The van der Waals surface area contributed by atoms with Crippen LogP contribution in [0.15, 0.2) is 58.0 Å². The van der Waals surface area contributed by atoms with Crippen molar-refractivity contribution in [2.24, 2.45) is 4.99 Å². The van der Waals surface area contributed by atoms with Gasteiger partial charge < -0.3 is 0 Å². The third-order valence-corrected chi connectivity index (χ3v) is 4.88. The molecule has 2 aromatic carbocycles. The lowest BCUT2D eigenvalue weighted by Gasteiger charge is -2.29. The SMILES string of the molecule is CC1(C)Cc2c(Br)cccc2C(c2cc3ccccc3nn2)=N1. The Bertz CT molecular complexity index is 944. The Kier molecular flexibility index (Phi) is 3.31. The van der Waals surface area contributed by atoms with Crippen LogP contribution >= 0.6 is 15.9 Å². The van der Waals surface area contributed by atoms with Gasteiger partial charge in [0.2, 0.25) is 0 Å². The van der Waals surface area contributed by atoms with E-state index in [1.54, 1.807) is 0 Å². The highest BCUT2D eigenvalue weighted by Crippen LogP contribution is 2.33. The van der Waals surface area contributed by atoms with Gasteiger partial charge in [0.25, 0.3) is 0 Å². The van der Waals surface area contributed by atoms with E-state index in [4.69, 9.17) is 4.99 Å². The van der Waals surface area contributed by atoms with Crippen LogP contribution in [0, 0.1) is 0 Å². The van der Waals surface area contributed by atoms with Gasteiger partial charge in [0, 0.05) is 15.4 Å². The molecule has 0 unspecified atom stereocenters. The van der Waals surface area contributed by atoms with Crippen LogP contribution in [0.4, 0.5) is 0 Å². The topological polar surface area (TPSA) is 38.1 Å². The van der Waals surface area contributed by atoms with Crippen molar-refractivity contribution in [1.82, 2.24) is 10.2 Å². The van der Waals surface area contributed by atoms with Crippen molar-refractivity contribution in [2.45, 2.75) is 25.8 Å². The highest BCUT2D eigenvalue weighted by Gasteiger charge is 2.29. The van der Waals surface area contributed by atoms with Crippen LogP contribution in [-0.2, 0) is 6.42 Å². The molecule has 0 spiro atoms. The zero-order valence-corrected chi connectivity index (χ0v) is 14.6. The molecule has 0 bridgehead atoms. The molecule has 1 aliphatic rings. The fourth-order valence-corrected chi connectivity index (χ4v) is 3.60. The van der Waals surface area contributed by atoms with Crippen LogP contribution in [0.5, 0.6) is 0 Å². The number of nitrogens with zero attached hydrogens (tertiary/aromatic N) is 3. The van der Waals surface area contributed by atoms with Crippen molar-refractivity contribution in [3.63, 3.8) is 0 Å². The van der Waals surface area contributed by atoms with Crippen LogP contribution < -0.4 is 0 Å². The molecule has 0 saturated carbocycles. The molecule has 1 aliphatic heterocycles. The quantitative estimate of drug-likeness (QED) is 0.633. The van der Waals surface area contributed by atoms with Gasteiger partial charge in [0.05, 0.1) is 16.8 Å². The highest BCUT2D eigenvalue weighted by atomic mass is 79.9. The van der Waals surface area contributed by atoms with Gasteiger partial charge in [0.1, 0.15) is 5.69 Å². The maximum absolute atomic E-state index is 4.97. The van der Waals surface area contributed by atoms with E-state index in [1.807, 2.05) is 24.3 Å². The van der Waals surface area contributed by atoms with Crippen LogP contribution in [0.1, 0.15) is 30.7 Å². The smallest absolute Gasteiger partial charge is 0.112 e. The first kappa shape index (κ1) is 14.5. The van der Waals surface area contributed by atoms with Gasteiger partial charge in [-0.3, -0.25) is 4.99 Å². The van der Waals surface area contributed by atoms with Crippen molar-refractivity contribution in [2.75, 3.05) is 0 Å². The molecule has 0 saturated heterocycles. The van der Waals surface area contributed by atoms with Gasteiger partial charge in [-0.2, -0.15) is 0 Å². The van der Waals surface area contributed by atoms with E-state index in [1.165, 1.54) is 5.56 Å². The third kappa shape index (κ3) is 2.57. The molecule has 0 amide bonds. The summed E-state index contributed by atoms with van der Waals surface area (Å²) in [5, 5.41) is 9.87. The highest BCUT2D eigenvalue weighted by molar-refractivity contribution is 9.10. The second kappa shape index (κ2) is 5.24. The number of aromatic nitrogens is 2. The fourth-order valence-electron chi connectivity index (χ4n) is 3.09. The monoisotopic (exact) mass is 365 g/mol. The maximum Gasteiger partial charge on any atom is 0.112 e. The molecular formula is C19H16BrN3. The van der Waals surface area contributed by atoms with E-state index in [-0.39, 0.29) is 5.54 Å². The Morgan fingerprint density at radius 1 is 1.00 bits per heavy atom. The fraction of sp³-hybridized carbons (Fsp3) is 0.211. The normalized spacial score (nSPS) is 16.0. The predicted molar refractivity (Wildman–Crippen MR) is 97.1 cm³/mol. The summed E-state index contributed by atoms with van der Waals surface area (Å²) in [6, 6.07) is 16.4. The van der Waals surface area contributed by atoms with E-state index in [0.29, 0.717) is 0 Å². The summed E-state index contributed by atoms with van der Waals surface area (Å²) in [6.07, 6.45) is 0.911. The molecule has 2 heterocycles. The Morgan fingerprint density at radius 2 is 1.83 bits per heavy atom. The van der Waals surface area contributed by atoms with Gasteiger partial charge in [-0.05, 0) is 44.0 Å². The number of halogens is 1. The maximum atomic E-state index is 4.97. The number of benzene rings is 2. The first-order chi connectivity index (χ1) is 11.0. The van der Waals surface area contributed by atoms with E-state index in [2.05, 4.69) is 64.2 Å². The number of rotatable bonds is 1. The third-order valence-electron chi connectivity index (χ3n) is 4.13. The average molecular weight is 366 g/mol. The first-order valence-electron chi connectivity index (χ1n) is 7.64. The minimum atomic E-state index is -0.153. The second-order valence-corrected chi connectivity index (χ2v) is 7.36. The number of fused-ring (bicyclic) bond motifs is 2. The summed E-state index contributed by atoms with van der Waals surface area (Å²) in [6.45, 7) is 4.31. The average Bonchev–Trinajstić information content (AvgIpc) is 2.54. The van der Waals surface area contributed by atoms with E-state index < -0.39 is 0 Å². The minimum Gasteiger partial charge on any atom is -0.276 e. The molecule has 23 heavy (non-hydrogen) atoms. The van der Waals surface area contributed by atoms with E-state index in [0.717, 1.165) is 38.8 Å². The van der Waals surface area contributed by atoms with Crippen molar-refractivity contribution in [1.29, 1.82) is 0 Å². The standard InChI is InChI=1S/C19H16BrN3/c1-19(2)11-14-13(7-5-8-15(14)20)18(21-19)17-10-12-6-3-4-9-16(12)22-23-17/h3-10H,11H2,1-2H3. The van der Waals surface area contributed by atoms with Crippen molar-refractivity contribution in [3.05, 3.63) is 69.8 Å². The molecule has 3 aromatic rings. The summed E-state index contributed by atoms with van der Waals surface area (Å²) in [7, 11) is 0. The summed E-state index contributed by atoms with van der Waals surface area (Å²) < 4.78 is 1.13. The van der Waals surface area contributed by atoms with E-state index >= 15 is 0 Å². The second-order valence-electron chi connectivity index (χ2n) is 6.50. The molecule has 114 valence electrons. The van der Waals surface area contributed by atoms with Crippen molar-refractivity contribution < 1.29 is 0 Å². The molecule has 0 N–H and O–H groups in total. The molecule has 4 heteroatoms. The molecule has 0 radical (unpaired) electrons. The van der Waals surface area contributed by atoms with Gasteiger partial charge in [0.15, 0.2) is 0 Å². The first-order valence-corrected chi connectivity index (χ1v) is 8.43. The summed E-state index contributed by atoms with van der Waals surface area (Å²) in [5.41, 5.74) is 4.94. The van der Waals surface area contributed by atoms with Gasteiger partial charge in [-0.25, -0.2) is 0 Å². The Labute approximate surface area is 143 Å². The summed E-state index contributed by atoms with van der Waals surface area (Å²) in [5.74, 6) is 0. The zero-order chi connectivity index (χ0) is 16.0. The largest absolute Gasteiger partial charge is 0.276 e. The predicted octanol–water partition coefficient (Wildman–Crippen LogP) is 4.56. The number of hydrogen-bond acceptors (Lipinski definition) is 3. The van der Waals surface area contributed by atoms with Crippen LogP contribution in [0.25, 0.3) is 10.9 Å². The molecule has 3 nitrogen and oxygen atoms in total. The lowest BCUT2D eigenvalue weighted by Crippen LogP contribution is -2.30. The van der Waals surface area contributed by atoms with Crippen LogP contribution in [-0.4, -0.2) is 21.4 Å². The number of hydrogen-bond donors (Lipinski definition) is 0. The van der Waals surface area contributed by atoms with Gasteiger partial charge in [-0.1, -0.05) is 46.3 Å². The zero-order valence-electron chi connectivity index (χ0n) is 13.0. The Balaban J connectivity index is 1.95. The molecule has 0 atom stereocenters. The Hall–Kier alpha value is -2.07. The molecule has 4 rings (SSSR count). The van der Waals surface area contributed by atoms with Gasteiger partial charge in [-0.15, -0.1) is 10.2 Å². The summed E-state index contributed by atoms with van der Waals surface area (Å²) >= 11 is 3.68. The molecule has 0 aliphatic carbocycles. The molecule has 0 fully saturated rings. The summed E-state index contributed by atoms with van der Waals surface area (Å²) in [4.78, 5) is 4.97. The number of aliphatic imine (C=N–C) groups is 1. The minimum absolute atomic E-state index is 0.153. The van der Waals surface area contributed by atoms with Gasteiger partial charge >= 0.3 is 0 Å².